The van der Waals surface area contributed by atoms with Crippen LogP contribution in [0.4, 0.5) is 5.69 Å². The summed E-state index contributed by atoms with van der Waals surface area (Å²) < 4.78 is 17.4. The van der Waals surface area contributed by atoms with E-state index in [1.54, 1.807) is 19.9 Å². The third-order valence-electron chi connectivity index (χ3n) is 6.43. The van der Waals surface area contributed by atoms with Crippen LogP contribution in [0, 0.1) is 29.9 Å². The van der Waals surface area contributed by atoms with E-state index in [1.165, 1.54) is 18.2 Å². The van der Waals surface area contributed by atoms with Gasteiger partial charge in [-0.05, 0) is 32.0 Å². The summed E-state index contributed by atoms with van der Waals surface area (Å²) in [5.41, 5.74) is 2.52. The lowest BCUT2D eigenvalue weighted by molar-refractivity contribution is -0.384. The van der Waals surface area contributed by atoms with Gasteiger partial charge in [-0.25, -0.2) is 4.79 Å². The van der Waals surface area contributed by atoms with Gasteiger partial charge < -0.3 is 4.74 Å². The quantitative estimate of drug-likeness (QED) is 0.175. The average Bonchev–Trinajstić information content (AvgIpc) is 2.90. The zero-order chi connectivity index (χ0) is 28.2. The van der Waals surface area contributed by atoms with Gasteiger partial charge in [0.25, 0.3) is 5.69 Å². The molecule has 4 rings (SSSR count). The Morgan fingerprint density at radius 1 is 1.15 bits per heavy atom. The largest absolute Gasteiger partial charge is 0.461 e. The number of benzene rings is 2. The Kier molecular flexibility index (Phi) is 9.04. The van der Waals surface area contributed by atoms with E-state index in [4.69, 9.17) is 13.8 Å². The molecule has 11 heteroatoms. The summed E-state index contributed by atoms with van der Waals surface area (Å²) >= 11 is 0. The van der Waals surface area contributed by atoms with Crippen molar-refractivity contribution in [1.29, 1.82) is 0 Å². The van der Waals surface area contributed by atoms with Crippen molar-refractivity contribution in [3.63, 3.8) is 0 Å². The van der Waals surface area contributed by atoms with Gasteiger partial charge in [-0.15, -0.1) is 0 Å². The number of carbonyl (C=O) groups is 1. The predicted octanol–water partition coefficient (Wildman–Crippen LogP) is 4.63. The fraction of sp³-hybridized carbons (Fsp3) is 0.357. The Labute approximate surface area is 228 Å². The van der Waals surface area contributed by atoms with Crippen molar-refractivity contribution >= 4 is 24.9 Å². The van der Waals surface area contributed by atoms with Crippen LogP contribution in [0.3, 0.4) is 0 Å². The maximum atomic E-state index is 13.6. The number of rotatable bonds is 9. The number of hydrogen-bond acceptors (Lipinski definition) is 9. The minimum absolute atomic E-state index is 0.0718. The van der Waals surface area contributed by atoms with Gasteiger partial charge in [-0.2, -0.15) is 13.9 Å². The Hall–Kier alpha value is -3.27. The first-order valence-corrected chi connectivity index (χ1v) is 14.2. The number of hydrogen-bond donors (Lipinski definition) is 1. The van der Waals surface area contributed by atoms with Gasteiger partial charge >= 0.3 is 13.9 Å². The molecule has 1 aliphatic rings. The van der Waals surface area contributed by atoms with E-state index in [9.17, 15) is 19.8 Å². The third-order valence-corrected chi connectivity index (χ3v) is 8.54. The van der Waals surface area contributed by atoms with Crippen molar-refractivity contribution in [2.45, 2.75) is 27.3 Å². The topological polar surface area (TPSA) is 124 Å². The molecule has 0 saturated carbocycles. The molecular weight excluding hydrogens is 521 g/mol. The highest BCUT2D eigenvalue weighted by atomic mass is 31.2. The molecule has 3 aromatic rings. The fourth-order valence-corrected chi connectivity index (χ4v) is 6.73. The van der Waals surface area contributed by atoms with Crippen LogP contribution >= 0.6 is 7.94 Å². The molecule has 0 spiro atoms. The molecule has 1 fully saturated rings. The smallest absolute Gasteiger partial charge is 0.448 e. The number of pyridine rings is 1. The molecule has 0 atom stereocenters. The summed E-state index contributed by atoms with van der Waals surface area (Å²) in [4.78, 5) is 42.8. The maximum absolute atomic E-state index is 13.6. The van der Waals surface area contributed by atoms with Crippen LogP contribution in [0.1, 0.15) is 34.2 Å². The highest BCUT2D eigenvalue weighted by Gasteiger charge is 2.53. The fourth-order valence-electron chi connectivity index (χ4n) is 4.50. The lowest BCUT2D eigenvalue weighted by atomic mass is 9.97. The minimum Gasteiger partial charge on any atom is -0.461 e. The Balaban J connectivity index is 1.70. The van der Waals surface area contributed by atoms with Gasteiger partial charge in [0.05, 0.1) is 27.4 Å². The molecule has 0 unspecified atom stereocenters. The molecule has 0 bridgehead atoms. The molecule has 0 amide bonds. The van der Waals surface area contributed by atoms with E-state index in [-0.39, 0.29) is 47.9 Å². The molecule has 10 nitrogen and oxygen atoms in total. The molecule has 2 heterocycles. The van der Waals surface area contributed by atoms with Gasteiger partial charge in [0.1, 0.15) is 19.8 Å². The summed E-state index contributed by atoms with van der Waals surface area (Å²) in [6, 6.07) is 15.9. The molecular formula is C28H33N3O7P+. The Morgan fingerprint density at radius 2 is 1.85 bits per heavy atom. The maximum Gasteiger partial charge on any atom is 0.448 e. The van der Waals surface area contributed by atoms with Crippen molar-refractivity contribution in [2.24, 2.45) is 5.92 Å². The second kappa shape index (κ2) is 12.3. The van der Waals surface area contributed by atoms with Gasteiger partial charge in [0.15, 0.2) is 0 Å². The molecule has 0 aliphatic carbocycles. The van der Waals surface area contributed by atoms with Crippen LogP contribution in [0.25, 0.3) is 11.1 Å². The van der Waals surface area contributed by atoms with E-state index in [0.29, 0.717) is 30.0 Å². The summed E-state index contributed by atoms with van der Waals surface area (Å²) in [5, 5.41) is 11.8. The molecule has 2 aromatic carbocycles. The summed E-state index contributed by atoms with van der Waals surface area (Å²) in [6.45, 7) is 7.11. The van der Waals surface area contributed by atoms with E-state index in [1.807, 2.05) is 49.2 Å². The van der Waals surface area contributed by atoms with E-state index >= 15 is 0 Å². The van der Waals surface area contributed by atoms with Crippen LogP contribution in [0.5, 0.6) is 0 Å². The molecule has 206 valence electrons. The lowest BCUT2D eigenvalue weighted by Crippen LogP contribution is -2.32. The van der Waals surface area contributed by atoms with Gasteiger partial charge in [0, 0.05) is 31.1 Å². The first kappa shape index (κ1) is 28.7. The number of nitro groups is 1. The highest BCUT2D eigenvalue weighted by molar-refractivity contribution is 7.69. The number of nitro benzene ring substituents is 1. The number of aryl methyl sites for hydroxylation is 2. The van der Waals surface area contributed by atoms with Crippen LogP contribution in [-0.2, 0) is 20.3 Å². The highest BCUT2D eigenvalue weighted by Crippen LogP contribution is 2.60. The van der Waals surface area contributed by atoms with Gasteiger partial charge in [-0.1, -0.05) is 49.4 Å². The Morgan fingerprint density at radius 3 is 2.51 bits per heavy atom. The first-order valence-electron chi connectivity index (χ1n) is 12.7. The van der Waals surface area contributed by atoms with Crippen LogP contribution in [-0.4, -0.2) is 59.1 Å². The average molecular weight is 555 g/mol. The van der Waals surface area contributed by atoms with Gasteiger partial charge in [0.2, 0.25) is 5.30 Å². The van der Waals surface area contributed by atoms with E-state index in [2.05, 4.69) is 4.98 Å². The van der Waals surface area contributed by atoms with Crippen molar-refractivity contribution < 1.29 is 28.4 Å². The second-order valence-electron chi connectivity index (χ2n) is 9.77. The monoisotopic (exact) mass is 554 g/mol. The second-order valence-corrected chi connectivity index (χ2v) is 11.8. The number of non-ortho nitro benzene ring substituents is 1. The van der Waals surface area contributed by atoms with E-state index < -0.39 is 18.8 Å². The SMILES string of the molecule is Cc1nc(C)c([P+]2(O)OCC(C)CO2)c(-c2cccc([N+](=O)[O-])c2)c1C(=O)OCCN(C)Cc1ccccc1. The molecule has 1 aromatic heterocycles. The predicted molar refractivity (Wildman–Crippen MR) is 149 cm³/mol. The van der Waals surface area contributed by atoms with Crippen molar-refractivity contribution in [3.05, 3.63) is 87.2 Å². The standard InChI is InChI=1S/C28H33N3O7P/c1-19-17-37-39(35,38-18-19)27-21(3)29-20(2)25(26(27)23-11-8-12-24(15-23)31(33)34)28(32)36-14-13-30(4)16-22-9-6-5-7-10-22/h5-12,15,19,35H,13-14,16-18H2,1-4H3/q+1. The first-order chi connectivity index (χ1) is 18.6. The number of likely N-dealkylation sites (N-methyl/N-ethyl adjacent to an activating group) is 1. The van der Waals surface area contributed by atoms with Crippen LogP contribution < -0.4 is 5.30 Å². The summed E-state index contributed by atoms with van der Waals surface area (Å²) in [5.74, 6) is -0.574. The summed E-state index contributed by atoms with van der Waals surface area (Å²) in [6.07, 6.45) is 0. The number of esters is 1. The van der Waals surface area contributed by atoms with Gasteiger partial charge in [-0.3, -0.25) is 20.0 Å². The molecule has 39 heavy (non-hydrogen) atoms. The normalized spacial score (nSPS) is 19.2. The Bertz CT molecular complexity index is 1340. The third kappa shape index (κ3) is 6.66. The number of ether oxygens (including phenoxy) is 1. The van der Waals surface area contributed by atoms with Crippen LogP contribution in [0.2, 0.25) is 0 Å². The molecule has 1 saturated heterocycles. The summed E-state index contributed by atoms with van der Waals surface area (Å²) in [7, 11) is -1.71. The number of nitrogens with zero attached hydrogens (tertiary/aromatic N) is 3. The lowest BCUT2D eigenvalue weighted by Gasteiger charge is -2.27. The zero-order valence-corrected chi connectivity index (χ0v) is 23.4. The van der Waals surface area contributed by atoms with Crippen molar-refractivity contribution in [1.82, 2.24) is 9.88 Å². The molecule has 1 N–H and O–H groups in total. The van der Waals surface area contributed by atoms with Crippen LogP contribution in [0.15, 0.2) is 54.6 Å². The zero-order valence-electron chi connectivity index (χ0n) is 22.5. The minimum atomic E-state index is -3.65. The molecule has 1 aliphatic heterocycles. The number of carbonyl (C=O) groups excluding carboxylic acids is 1. The number of aromatic nitrogens is 1. The molecule has 0 radical (unpaired) electrons. The van der Waals surface area contributed by atoms with Crippen molar-refractivity contribution in [2.75, 3.05) is 33.4 Å². The van der Waals surface area contributed by atoms with E-state index in [0.717, 1.165) is 5.56 Å². The van der Waals surface area contributed by atoms with Crippen molar-refractivity contribution in [3.8, 4) is 11.1 Å².